The Morgan fingerprint density at radius 2 is 0.670 bits per heavy atom. The number of hydrogen-bond donors (Lipinski definition) is 0. The van der Waals surface area contributed by atoms with E-state index in [1.807, 2.05) is 110 Å². The first kappa shape index (κ1) is 68.7. The lowest BCUT2D eigenvalue weighted by Gasteiger charge is -2.35. The van der Waals surface area contributed by atoms with Gasteiger partial charge < -0.3 is 18.9 Å². The SMILES string of the molecule is CCC(CC)N1C(=O)c2ccc3c4cc(OCCOC)c5c6c(cc(C#Cc7ccc(-c8ccc(C#Cc9cc%10c%11c(cc(OCCOC)c%12c%13ccc%14c%15c(ccc(c9c%11%12)c%15%13)C(=O)N(C(CC)CC)C%14=O)C(=O)N(C(CC)CC)C%10=O)cn8)nc7)c(c7ccc(c2c37)C1=O)c64)C(=O)N(C(CC)CC)C5=O. The van der Waals surface area contributed by atoms with Crippen molar-refractivity contribution in [1.82, 2.24) is 29.6 Å². The van der Waals surface area contributed by atoms with Crippen LogP contribution in [0.2, 0.25) is 0 Å². The molecule has 6 heterocycles. The van der Waals surface area contributed by atoms with Gasteiger partial charge in [-0.2, -0.15) is 0 Å². The zero-order chi connectivity index (χ0) is 74.0. The predicted molar refractivity (Wildman–Crippen MR) is 409 cm³/mol. The minimum Gasteiger partial charge on any atom is -0.490 e. The molecule has 4 aliphatic rings. The number of pyridine rings is 2. The number of aromatic nitrogens is 2. The van der Waals surface area contributed by atoms with Crippen LogP contribution in [0.5, 0.6) is 11.5 Å². The number of fused-ring (bicyclic) bond motifs is 4. The zero-order valence-electron chi connectivity index (χ0n) is 60.8. The Labute approximate surface area is 611 Å². The molecule has 2 aromatic heterocycles. The lowest BCUT2D eigenvalue weighted by atomic mass is 9.80. The maximum Gasteiger partial charge on any atom is 0.265 e. The third-order valence-electron chi connectivity index (χ3n) is 22.5. The number of methoxy groups -OCH3 is 2. The zero-order valence-corrected chi connectivity index (χ0v) is 60.8. The molecule has 0 fully saturated rings. The Morgan fingerprint density at radius 3 is 1.08 bits per heavy atom. The molecule has 4 aliphatic heterocycles. The highest BCUT2D eigenvalue weighted by Gasteiger charge is 2.45. The molecule has 10 aromatic carbocycles. The van der Waals surface area contributed by atoms with Crippen LogP contribution in [-0.2, 0) is 9.47 Å². The standard InChI is InChI=1S/C88H76N6O12/c1-11-49(12-2)91-81(95)57-29-25-53-61-41-68(106-38-36-104-10)79-78-63(86(100)94(88(79)102)52(17-7)18-8)40-47(69(77(61)78)54-26-30-58(82(91)96)73(57)71(53)54)23-19-45-21-33-65(89-43-45)66-34-22-46(44-90-66)20-24-48-39-62-75-64(87(101)93(85(62)99)51(15-5)16-6)42-67(105-37-35-103-9)76-56-28-32-60-74-59(31-27-55(72(56)74)70(48)80(75)76)83(97)92(84(60)98)50(13-3)14-4/h21-22,25-34,39-44,49-52H,11-18,35-38H2,1-10H3. The van der Waals surface area contributed by atoms with E-state index in [2.05, 4.69) is 23.7 Å². The average molecular weight is 1410 g/mol. The number of imide groups is 4. The van der Waals surface area contributed by atoms with Crippen LogP contribution < -0.4 is 9.47 Å². The smallest absolute Gasteiger partial charge is 0.265 e. The molecule has 0 atom stereocenters. The Balaban J connectivity index is 0.819. The van der Waals surface area contributed by atoms with E-state index in [-0.39, 0.29) is 79.5 Å². The summed E-state index contributed by atoms with van der Waals surface area (Å²) in [5.74, 6) is 11.0. The van der Waals surface area contributed by atoms with Crippen LogP contribution >= 0.6 is 0 Å². The minimum atomic E-state index is -0.458. The quantitative estimate of drug-likeness (QED) is 0.0215. The molecule has 12 aromatic rings. The van der Waals surface area contributed by atoms with Gasteiger partial charge >= 0.3 is 0 Å². The highest BCUT2D eigenvalue weighted by atomic mass is 16.5. The summed E-state index contributed by atoms with van der Waals surface area (Å²) >= 11 is 0. The molecule has 0 spiro atoms. The monoisotopic (exact) mass is 1410 g/mol. The molecule has 530 valence electrons. The summed E-state index contributed by atoms with van der Waals surface area (Å²) in [6.45, 7) is 16.4. The Bertz CT molecular complexity index is 5940. The van der Waals surface area contributed by atoms with Crippen LogP contribution in [0, 0.1) is 23.7 Å². The highest BCUT2D eigenvalue weighted by Crippen LogP contribution is 2.53. The first-order valence-corrected chi connectivity index (χ1v) is 36.8. The van der Waals surface area contributed by atoms with Crippen LogP contribution in [0.1, 0.15) is 212 Å². The Hall–Kier alpha value is -11.7. The van der Waals surface area contributed by atoms with Crippen molar-refractivity contribution >= 4 is 133 Å². The fourth-order valence-electron chi connectivity index (χ4n) is 17.3. The summed E-state index contributed by atoms with van der Waals surface area (Å²) in [6, 6.07) is 27.7. The topological polar surface area (TPSA) is 212 Å². The van der Waals surface area contributed by atoms with Crippen molar-refractivity contribution in [3.8, 4) is 46.6 Å². The van der Waals surface area contributed by atoms with E-state index in [1.165, 1.54) is 19.6 Å². The third-order valence-corrected chi connectivity index (χ3v) is 22.5. The lowest BCUT2D eigenvalue weighted by Crippen LogP contribution is -2.47. The largest absolute Gasteiger partial charge is 0.490 e. The number of carbonyl (C=O) groups is 8. The maximum absolute atomic E-state index is 15.2. The predicted octanol–water partition coefficient (Wildman–Crippen LogP) is 16.2. The van der Waals surface area contributed by atoms with Crippen molar-refractivity contribution in [2.24, 2.45) is 0 Å². The van der Waals surface area contributed by atoms with E-state index in [9.17, 15) is 24.0 Å². The highest BCUT2D eigenvalue weighted by molar-refractivity contribution is 6.45. The van der Waals surface area contributed by atoms with Crippen molar-refractivity contribution < 1.29 is 57.3 Å². The van der Waals surface area contributed by atoms with Gasteiger partial charge in [0.05, 0.1) is 41.3 Å². The van der Waals surface area contributed by atoms with Crippen LogP contribution in [0.25, 0.3) is 97.6 Å². The minimum absolute atomic E-state index is 0.116. The number of nitrogens with zero attached hydrogens (tertiary/aromatic N) is 6. The van der Waals surface area contributed by atoms with Gasteiger partial charge in [-0.05, 0) is 162 Å². The van der Waals surface area contributed by atoms with Gasteiger partial charge in [-0.25, -0.2) is 0 Å². The second-order valence-corrected chi connectivity index (χ2v) is 27.8. The number of hydrogen-bond acceptors (Lipinski definition) is 14. The van der Waals surface area contributed by atoms with E-state index in [1.54, 1.807) is 69.1 Å². The van der Waals surface area contributed by atoms with Crippen molar-refractivity contribution in [1.29, 1.82) is 0 Å². The number of rotatable bonds is 21. The first-order chi connectivity index (χ1) is 51.5. The van der Waals surface area contributed by atoms with Crippen LogP contribution in [0.3, 0.4) is 0 Å². The molecule has 8 amide bonds. The Morgan fingerprint density at radius 1 is 0.311 bits per heavy atom. The van der Waals surface area contributed by atoms with Crippen molar-refractivity contribution in [3.63, 3.8) is 0 Å². The molecular weight excluding hydrogens is 1330 g/mol. The van der Waals surface area contributed by atoms with E-state index >= 15 is 14.4 Å². The third kappa shape index (κ3) is 10.1. The second kappa shape index (κ2) is 26.8. The molecule has 0 N–H and O–H groups in total. The Kier molecular flexibility index (Phi) is 17.4. The molecule has 18 heteroatoms. The molecule has 0 saturated heterocycles. The molecule has 18 nitrogen and oxygen atoms in total. The van der Waals surface area contributed by atoms with Gasteiger partial charge in [-0.3, -0.25) is 67.9 Å². The number of carbonyl (C=O) groups excluding carboxylic acids is 8. The molecule has 0 unspecified atom stereocenters. The van der Waals surface area contributed by atoms with Gasteiger partial charge in [-0.1, -0.05) is 103 Å². The van der Waals surface area contributed by atoms with Crippen molar-refractivity contribution in [3.05, 3.63) is 176 Å². The fraction of sp³-hybridized carbons (Fsp3) is 0.295. The van der Waals surface area contributed by atoms with E-state index < -0.39 is 29.7 Å². The summed E-state index contributed by atoms with van der Waals surface area (Å²) in [7, 11) is 3.14. The molecule has 0 aliphatic carbocycles. The van der Waals surface area contributed by atoms with Gasteiger partial charge in [0.15, 0.2) is 0 Å². The average Bonchev–Trinajstić information content (AvgIpc) is 0.684. The van der Waals surface area contributed by atoms with Gasteiger partial charge in [0.1, 0.15) is 24.7 Å². The van der Waals surface area contributed by atoms with E-state index in [0.717, 1.165) is 0 Å². The van der Waals surface area contributed by atoms with Gasteiger partial charge in [0.25, 0.3) is 47.3 Å². The van der Waals surface area contributed by atoms with E-state index in [0.29, 0.717) is 216 Å². The number of benzene rings is 10. The molecule has 0 bridgehead atoms. The number of ether oxygens (including phenoxy) is 4. The lowest BCUT2D eigenvalue weighted by molar-refractivity contribution is 0.0511. The normalized spacial score (nSPS) is 14.4. The van der Waals surface area contributed by atoms with Crippen LogP contribution in [-0.4, -0.2) is 142 Å². The summed E-state index contributed by atoms with van der Waals surface area (Å²) in [6.07, 6.45) is 7.81. The van der Waals surface area contributed by atoms with Crippen molar-refractivity contribution in [2.75, 3.05) is 40.6 Å². The number of amides is 8. The molecule has 0 radical (unpaired) electrons. The van der Waals surface area contributed by atoms with Gasteiger partial charge in [0.2, 0.25) is 0 Å². The van der Waals surface area contributed by atoms with Crippen LogP contribution in [0.15, 0.2) is 109 Å². The molecule has 0 saturated carbocycles. The van der Waals surface area contributed by atoms with Crippen LogP contribution in [0.4, 0.5) is 0 Å². The van der Waals surface area contributed by atoms with Crippen molar-refractivity contribution in [2.45, 2.75) is 131 Å². The maximum atomic E-state index is 15.2. The molecule has 106 heavy (non-hydrogen) atoms. The van der Waals surface area contributed by atoms with Gasteiger partial charge in [-0.15, -0.1) is 0 Å². The summed E-state index contributed by atoms with van der Waals surface area (Å²) < 4.78 is 24.0. The fourth-order valence-corrected chi connectivity index (χ4v) is 17.3. The van der Waals surface area contributed by atoms with E-state index in [4.69, 9.17) is 28.9 Å². The summed E-state index contributed by atoms with van der Waals surface area (Å²) in [5, 5.41) is 9.81. The first-order valence-electron chi connectivity index (χ1n) is 36.8. The molecule has 16 rings (SSSR count). The summed E-state index contributed by atoms with van der Waals surface area (Å²) in [5.41, 5.74) is 5.90. The second-order valence-electron chi connectivity index (χ2n) is 27.8. The summed E-state index contributed by atoms with van der Waals surface area (Å²) in [4.78, 5) is 134. The van der Waals surface area contributed by atoms with Gasteiger partial charge in [0, 0.05) is 149 Å². The molecular formula is C88H76N6O12.